The number of hydrogen-bond acceptors (Lipinski definition) is 4. The first-order valence-corrected chi connectivity index (χ1v) is 9.51. The van der Waals surface area contributed by atoms with Gasteiger partial charge in [-0.2, -0.15) is 4.98 Å². The zero-order valence-corrected chi connectivity index (χ0v) is 18.0. The lowest BCUT2D eigenvalue weighted by atomic mass is 10.2. The number of hydrogen-bond donors (Lipinski definition) is 1. The molecule has 3 aromatic heterocycles. The van der Waals surface area contributed by atoms with Gasteiger partial charge in [-0.1, -0.05) is 40.6 Å². The lowest BCUT2D eigenvalue weighted by molar-refractivity contribution is -0.482. The summed E-state index contributed by atoms with van der Waals surface area (Å²) in [6, 6.07) is 15.0. The average Bonchev–Trinajstić information content (AvgIpc) is 3.26. The van der Waals surface area contributed by atoms with Crippen molar-refractivity contribution in [3.8, 4) is 22.8 Å². The SMILES string of the molecule is Cc1cccc([NH2+]c2nc(-c3ccc(-c4cc(Cl)ccc4Cl)o3)cs2)n1.[Br-]. The second-order valence-corrected chi connectivity index (χ2v) is 7.44. The first kappa shape index (κ1) is 20.0. The Morgan fingerprint density at radius 3 is 2.63 bits per heavy atom. The Hall–Kier alpha value is -1.70. The van der Waals surface area contributed by atoms with Crippen molar-refractivity contribution in [3.63, 3.8) is 0 Å². The number of quaternary nitrogens is 1. The van der Waals surface area contributed by atoms with Crippen LogP contribution in [-0.4, -0.2) is 9.97 Å². The predicted molar refractivity (Wildman–Crippen MR) is 105 cm³/mol. The van der Waals surface area contributed by atoms with E-state index in [-0.39, 0.29) is 17.0 Å². The third kappa shape index (κ3) is 4.59. The standard InChI is InChI=1S/C19H13Cl2N3OS.BrH/c1-11-3-2-4-18(22-11)24-19-23-15(10-26-19)17-8-7-16(25-17)13-9-12(20)5-6-14(13)21;/h2-10H,1H3,(H,22,23,24);1H. The molecule has 0 amide bonds. The first-order chi connectivity index (χ1) is 12.6. The highest BCUT2D eigenvalue weighted by atomic mass is 79.9. The van der Waals surface area contributed by atoms with Crippen LogP contribution in [0.3, 0.4) is 0 Å². The largest absolute Gasteiger partial charge is 1.00 e. The van der Waals surface area contributed by atoms with Gasteiger partial charge in [0, 0.05) is 27.7 Å². The molecule has 0 aliphatic rings. The smallest absolute Gasteiger partial charge is 0.289 e. The lowest BCUT2D eigenvalue weighted by Crippen LogP contribution is -3.00. The Morgan fingerprint density at radius 2 is 1.81 bits per heavy atom. The molecule has 1 aromatic carbocycles. The molecule has 0 saturated carbocycles. The molecule has 8 heteroatoms. The molecule has 0 aliphatic heterocycles. The van der Waals surface area contributed by atoms with Crippen LogP contribution in [0.25, 0.3) is 22.8 Å². The molecule has 0 aliphatic carbocycles. The maximum absolute atomic E-state index is 6.25. The van der Waals surface area contributed by atoms with E-state index in [1.807, 2.05) is 48.0 Å². The van der Waals surface area contributed by atoms with Crippen LogP contribution in [-0.2, 0) is 0 Å². The fraction of sp³-hybridized carbons (Fsp3) is 0.0526. The Bertz CT molecular complexity index is 1080. The third-order valence-electron chi connectivity index (χ3n) is 3.76. The number of nitrogens with zero attached hydrogens (tertiary/aromatic N) is 2. The molecule has 4 nitrogen and oxygen atoms in total. The fourth-order valence-electron chi connectivity index (χ4n) is 2.54. The summed E-state index contributed by atoms with van der Waals surface area (Å²) in [5, 5.41) is 5.99. The zero-order chi connectivity index (χ0) is 18.1. The van der Waals surface area contributed by atoms with Gasteiger partial charge >= 0.3 is 0 Å². The average molecular weight is 483 g/mol. The summed E-state index contributed by atoms with van der Waals surface area (Å²) in [6.45, 7) is 1.97. The molecule has 0 radical (unpaired) electrons. The van der Waals surface area contributed by atoms with Crippen LogP contribution in [0.15, 0.2) is 58.3 Å². The molecular weight excluding hydrogens is 469 g/mol. The van der Waals surface area contributed by atoms with E-state index in [9.17, 15) is 0 Å². The number of halogens is 3. The molecule has 0 fully saturated rings. The van der Waals surface area contributed by atoms with Crippen molar-refractivity contribution in [2.45, 2.75) is 6.92 Å². The van der Waals surface area contributed by atoms with Gasteiger partial charge in [-0.15, -0.1) is 0 Å². The van der Waals surface area contributed by atoms with Crippen molar-refractivity contribution in [2.75, 3.05) is 0 Å². The van der Waals surface area contributed by atoms with Crippen molar-refractivity contribution in [1.82, 2.24) is 9.97 Å². The van der Waals surface area contributed by atoms with E-state index >= 15 is 0 Å². The van der Waals surface area contributed by atoms with Crippen LogP contribution in [0.5, 0.6) is 0 Å². The minimum absolute atomic E-state index is 0. The van der Waals surface area contributed by atoms with Gasteiger partial charge in [-0.3, -0.25) is 0 Å². The second kappa shape index (κ2) is 8.54. The lowest BCUT2D eigenvalue weighted by Gasteiger charge is -2.01. The van der Waals surface area contributed by atoms with E-state index in [0.717, 1.165) is 27.9 Å². The Kier molecular flexibility index (Phi) is 6.34. The number of pyridine rings is 1. The van der Waals surface area contributed by atoms with Gasteiger partial charge in [0.1, 0.15) is 11.5 Å². The minimum Gasteiger partial charge on any atom is -1.00 e. The van der Waals surface area contributed by atoms with E-state index in [0.29, 0.717) is 21.6 Å². The molecule has 0 unspecified atom stereocenters. The van der Waals surface area contributed by atoms with Gasteiger partial charge in [0.2, 0.25) is 5.82 Å². The molecule has 27 heavy (non-hydrogen) atoms. The van der Waals surface area contributed by atoms with E-state index in [4.69, 9.17) is 27.6 Å². The molecule has 4 rings (SSSR count). The summed E-state index contributed by atoms with van der Waals surface area (Å²) in [4.78, 5) is 9.10. The number of benzene rings is 1. The third-order valence-corrected chi connectivity index (χ3v) is 5.11. The maximum Gasteiger partial charge on any atom is 0.289 e. The highest BCUT2D eigenvalue weighted by Gasteiger charge is 2.15. The van der Waals surface area contributed by atoms with E-state index in [2.05, 4.69) is 9.97 Å². The number of nitrogens with two attached hydrogens (primary N) is 1. The molecule has 138 valence electrons. The molecule has 0 saturated heterocycles. The number of furan rings is 1. The van der Waals surface area contributed by atoms with E-state index in [1.54, 1.807) is 29.5 Å². The zero-order valence-electron chi connectivity index (χ0n) is 14.1. The van der Waals surface area contributed by atoms with Crippen molar-refractivity contribution < 1.29 is 26.7 Å². The second-order valence-electron chi connectivity index (χ2n) is 5.71. The van der Waals surface area contributed by atoms with Crippen LogP contribution in [0.1, 0.15) is 5.69 Å². The summed E-state index contributed by atoms with van der Waals surface area (Å²) in [5.41, 5.74) is 2.51. The van der Waals surface area contributed by atoms with Crippen LogP contribution in [0.4, 0.5) is 10.9 Å². The highest BCUT2D eigenvalue weighted by Crippen LogP contribution is 2.34. The normalized spacial score (nSPS) is 10.6. The molecule has 3 heterocycles. The summed E-state index contributed by atoms with van der Waals surface area (Å²) in [6.07, 6.45) is 0. The summed E-state index contributed by atoms with van der Waals surface area (Å²) in [5.74, 6) is 2.23. The van der Waals surface area contributed by atoms with Crippen LogP contribution in [0.2, 0.25) is 10.0 Å². The topological polar surface area (TPSA) is 55.5 Å². The molecule has 2 N–H and O–H groups in total. The van der Waals surface area contributed by atoms with Crippen molar-refractivity contribution in [2.24, 2.45) is 0 Å². The Balaban J connectivity index is 0.00000210. The summed E-state index contributed by atoms with van der Waals surface area (Å²) in [7, 11) is 0. The van der Waals surface area contributed by atoms with Crippen LogP contribution in [0, 0.1) is 6.92 Å². The van der Waals surface area contributed by atoms with Gasteiger partial charge in [-0.05, 0) is 43.3 Å². The fourth-order valence-corrected chi connectivity index (χ4v) is 3.67. The summed E-state index contributed by atoms with van der Waals surface area (Å²) < 4.78 is 5.95. The maximum atomic E-state index is 6.25. The summed E-state index contributed by atoms with van der Waals surface area (Å²) >= 11 is 13.9. The van der Waals surface area contributed by atoms with Crippen molar-refractivity contribution >= 4 is 45.5 Å². The number of thiazole rings is 1. The molecule has 0 bridgehead atoms. The highest BCUT2D eigenvalue weighted by molar-refractivity contribution is 7.13. The van der Waals surface area contributed by atoms with Crippen molar-refractivity contribution in [1.29, 1.82) is 0 Å². The quantitative estimate of drug-likeness (QED) is 0.486. The Morgan fingerprint density at radius 1 is 1.00 bits per heavy atom. The van der Waals surface area contributed by atoms with Crippen LogP contribution < -0.4 is 22.3 Å². The van der Waals surface area contributed by atoms with Gasteiger partial charge in [0.15, 0.2) is 5.76 Å². The van der Waals surface area contributed by atoms with Gasteiger partial charge in [-0.25, -0.2) is 10.3 Å². The van der Waals surface area contributed by atoms with E-state index < -0.39 is 0 Å². The number of aryl methyl sites for hydroxylation is 1. The molecule has 0 atom stereocenters. The predicted octanol–water partition coefficient (Wildman–Crippen LogP) is 2.61. The number of aromatic nitrogens is 2. The number of rotatable bonds is 4. The molecule has 4 aromatic rings. The van der Waals surface area contributed by atoms with Crippen LogP contribution >= 0.6 is 34.5 Å². The van der Waals surface area contributed by atoms with Gasteiger partial charge < -0.3 is 21.4 Å². The molecular formula is C19H14BrCl2N3OS. The molecule has 0 spiro atoms. The van der Waals surface area contributed by atoms with Crippen molar-refractivity contribution in [3.05, 3.63) is 69.7 Å². The Labute approximate surface area is 181 Å². The first-order valence-electron chi connectivity index (χ1n) is 7.88. The monoisotopic (exact) mass is 481 g/mol. The van der Waals surface area contributed by atoms with Gasteiger partial charge in [0.25, 0.3) is 5.13 Å². The van der Waals surface area contributed by atoms with E-state index in [1.165, 1.54) is 0 Å². The minimum atomic E-state index is 0. The van der Waals surface area contributed by atoms with Gasteiger partial charge in [0.05, 0.1) is 5.02 Å².